The van der Waals surface area contributed by atoms with Crippen molar-refractivity contribution in [3.05, 3.63) is 107 Å². The highest BCUT2D eigenvalue weighted by Crippen LogP contribution is 2.49. The van der Waals surface area contributed by atoms with Crippen molar-refractivity contribution in [2.24, 2.45) is 17.8 Å². The monoisotopic (exact) mass is 425 g/mol. The molecule has 3 heteroatoms. The van der Waals surface area contributed by atoms with Gasteiger partial charge >= 0.3 is 0 Å². The summed E-state index contributed by atoms with van der Waals surface area (Å²) in [4.78, 5) is 15.6. The number of halogens is 1. The van der Waals surface area contributed by atoms with E-state index in [-0.39, 0.29) is 29.6 Å². The van der Waals surface area contributed by atoms with Crippen LogP contribution in [-0.4, -0.2) is 10.8 Å². The fraction of sp³-hybridized carbons (Fsp3) is 0.276. The van der Waals surface area contributed by atoms with Crippen LogP contribution in [0.15, 0.2) is 84.9 Å². The highest BCUT2D eigenvalue weighted by Gasteiger charge is 2.50. The maximum Gasteiger partial charge on any atom is 0.227 e. The van der Waals surface area contributed by atoms with E-state index in [0.717, 1.165) is 28.7 Å². The lowest BCUT2D eigenvalue weighted by Crippen LogP contribution is -2.30. The minimum Gasteiger partial charge on any atom is -0.330 e. The van der Waals surface area contributed by atoms with Crippen LogP contribution in [0.5, 0.6) is 0 Å². The van der Waals surface area contributed by atoms with Gasteiger partial charge in [-0.15, -0.1) is 0 Å². The molecule has 1 amide bonds. The van der Waals surface area contributed by atoms with E-state index in [0.29, 0.717) is 18.0 Å². The number of benzene rings is 3. The molecular formula is C29H28FNO. The predicted octanol–water partition coefficient (Wildman–Crippen LogP) is 6.71. The van der Waals surface area contributed by atoms with Gasteiger partial charge in [0, 0.05) is 23.9 Å². The van der Waals surface area contributed by atoms with Gasteiger partial charge in [-0.25, -0.2) is 4.39 Å². The predicted molar refractivity (Wildman–Crippen MR) is 126 cm³/mol. The number of fused-ring (bicyclic) bond motifs is 1. The SMILES string of the molecule is Cc1ccc(-c2cc([C@H]3[C@@H]4C=CC[C@H](C)[C@H]4C(=O)N3Cc3ccccc3)ccc2F)cc1. The molecular weight excluding hydrogens is 397 g/mol. The molecule has 162 valence electrons. The first-order valence-corrected chi connectivity index (χ1v) is 11.4. The summed E-state index contributed by atoms with van der Waals surface area (Å²) in [6.07, 6.45) is 5.35. The Hall–Kier alpha value is -3.20. The number of carbonyl (C=O) groups is 1. The Kier molecular flexibility index (Phi) is 5.42. The maximum atomic E-state index is 14.9. The molecule has 4 atom stereocenters. The second-order valence-electron chi connectivity index (χ2n) is 9.25. The van der Waals surface area contributed by atoms with Crippen molar-refractivity contribution in [1.82, 2.24) is 4.90 Å². The molecule has 2 nitrogen and oxygen atoms in total. The Labute approximate surface area is 189 Å². The summed E-state index contributed by atoms with van der Waals surface area (Å²) in [5.74, 6) is 0.355. The maximum absolute atomic E-state index is 14.9. The molecule has 3 aromatic rings. The summed E-state index contributed by atoms with van der Waals surface area (Å²) >= 11 is 0. The largest absolute Gasteiger partial charge is 0.330 e. The van der Waals surface area contributed by atoms with Crippen LogP contribution >= 0.6 is 0 Å². The number of hydrogen-bond donors (Lipinski definition) is 0. The number of aryl methyl sites for hydroxylation is 1. The Morgan fingerprint density at radius 2 is 1.75 bits per heavy atom. The third kappa shape index (κ3) is 3.66. The molecule has 2 aliphatic rings. The van der Waals surface area contributed by atoms with E-state index in [1.807, 2.05) is 66.4 Å². The van der Waals surface area contributed by atoms with Crippen LogP contribution in [0, 0.1) is 30.5 Å². The van der Waals surface area contributed by atoms with Crippen molar-refractivity contribution in [1.29, 1.82) is 0 Å². The molecule has 1 aliphatic carbocycles. The molecule has 1 saturated heterocycles. The normalized spacial score (nSPS) is 24.6. The van der Waals surface area contributed by atoms with Crippen LogP contribution in [0.25, 0.3) is 11.1 Å². The Morgan fingerprint density at radius 1 is 1.00 bits per heavy atom. The molecule has 0 radical (unpaired) electrons. The van der Waals surface area contributed by atoms with Crippen LogP contribution in [-0.2, 0) is 11.3 Å². The van der Waals surface area contributed by atoms with E-state index < -0.39 is 0 Å². The van der Waals surface area contributed by atoms with Crippen LogP contribution in [0.1, 0.15) is 36.1 Å². The van der Waals surface area contributed by atoms with Crippen molar-refractivity contribution in [3.63, 3.8) is 0 Å². The summed E-state index contributed by atoms with van der Waals surface area (Å²) in [6, 6.07) is 23.3. The average Bonchev–Trinajstić information content (AvgIpc) is 3.08. The molecule has 1 fully saturated rings. The lowest BCUT2D eigenvalue weighted by Gasteiger charge is -2.30. The first-order valence-electron chi connectivity index (χ1n) is 11.4. The molecule has 0 N–H and O–H groups in total. The molecule has 1 aliphatic heterocycles. The summed E-state index contributed by atoms with van der Waals surface area (Å²) in [7, 11) is 0. The average molecular weight is 426 g/mol. The zero-order chi connectivity index (χ0) is 22.2. The zero-order valence-corrected chi connectivity index (χ0v) is 18.5. The standard InChI is InChI=1S/C29H28FNO/c1-19-11-13-22(14-12-19)25-17-23(15-16-26(25)30)28-24-10-6-7-20(2)27(24)29(32)31(28)18-21-8-4-3-5-9-21/h3-6,8-17,20,24,27-28H,7,18H2,1-2H3/t20-,24+,27+,28-/m0/s1. The van der Waals surface area contributed by atoms with E-state index in [1.165, 1.54) is 0 Å². The van der Waals surface area contributed by atoms with Crippen molar-refractivity contribution in [2.75, 3.05) is 0 Å². The van der Waals surface area contributed by atoms with Gasteiger partial charge in [-0.3, -0.25) is 4.79 Å². The summed E-state index contributed by atoms with van der Waals surface area (Å²) in [5, 5.41) is 0. The minimum absolute atomic E-state index is 0.0263. The van der Waals surface area contributed by atoms with Crippen LogP contribution in [0.2, 0.25) is 0 Å². The third-order valence-corrected chi connectivity index (χ3v) is 7.05. The van der Waals surface area contributed by atoms with E-state index in [4.69, 9.17) is 0 Å². The van der Waals surface area contributed by atoms with Gasteiger partial charge in [0.15, 0.2) is 0 Å². The molecule has 3 aromatic carbocycles. The molecule has 0 unspecified atom stereocenters. The fourth-order valence-corrected chi connectivity index (χ4v) is 5.38. The second-order valence-corrected chi connectivity index (χ2v) is 9.25. The molecule has 0 bridgehead atoms. The van der Waals surface area contributed by atoms with Crippen molar-refractivity contribution in [3.8, 4) is 11.1 Å². The number of amides is 1. The molecule has 1 heterocycles. The highest BCUT2D eigenvalue weighted by atomic mass is 19.1. The van der Waals surface area contributed by atoms with Crippen LogP contribution in [0.3, 0.4) is 0 Å². The van der Waals surface area contributed by atoms with E-state index in [2.05, 4.69) is 31.2 Å². The molecule has 32 heavy (non-hydrogen) atoms. The lowest BCUT2D eigenvalue weighted by molar-refractivity contribution is -0.134. The number of hydrogen-bond acceptors (Lipinski definition) is 1. The molecule has 5 rings (SSSR count). The van der Waals surface area contributed by atoms with Crippen molar-refractivity contribution in [2.45, 2.75) is 32.9 Å². The van der Waals surface area contributed by atoms with Crippen molar-refractivity contribution >= 4 is 5.91 Å². The van der Waals surface area contributed by atoms with Gasteiger partial charge < -0.3 is 4.90 Å². The molecule has 0 spiro atoms. The number of rotatable bonds is 4. The molecule has 0 aromatic heterocycles. The number of likely N-dealkylation sites (tertiary alicyclic amines) is 1. The molecule has 0 saturated carbocycles. The van der Waals surface area contributed by atoms with Crippen LogP contribution in [0.4, 0.5) is 4.39 Å². The Bertz CT molecular complexity index is 1150. The van der Waals surface area contributed by atoms with Gasteiger partial charge in [0.05, 0.1) is 6.04 Å². The first kappa shape index (κ1) is 20.7. The zero-order valence-electron chi connectivity index (χ0n) is 18.5. The van der Waals surface area contributed by atoms with Gasteiger partial charge in [0.25, 0.3) is 0 Å². The fourth-order valence-electron chi connectivity index (χ4n) is 5.38. The van der Waals surface area contributed by atoms with Crippen molar-refractivity contribution < 1.29 is 9.18 Å². The number of nitrogens with zero attached hydrogens (tertiary/aromatic N) is 1. The Morgan fingerprint density at radius 3 is 2.50 bits per heavy atom. The number of carbonyl (C=O) groups excluding carboxylic acids is 1. The van der Waals surface area contributed by atoms with Gasteiger partial charge in [-0.05, 0) is 48.1 Å². The lowest BCUT2D eigenvalue weighted by atomic mass is 9.75. The van der Waals surface area contributed by atoms with E-state index >= 15 is 0 Å². The smallest absolute Gasteiger partial charge is 0.227 e. The van der Waals surface area contributed by atoms with Gasteiger partial charge in [0.1, 0.15) is 5.82 Å². The first-order chi connectivity index (χ1) is 15.5. The summed E-state index contributed by atoms with van der Waals surface area (Å²) in [6.45, 7) is 4.76. The topological polar surface area (TPSA) is 20.3 Å². The van der Waals surface area contributed by atoms with E-state index in [1.54, 1.807) is 6.07 Å². The quantitative estimate of drug-likeness (QED) is 0.425. The Balaban J connectivity index is 1.59. The van der Waals surface area contributed by atoms with E-state index in [9.17, 15) is 9.18 Å². The third-order valence-electron chi connectivity index (χ3n) is 7.05. The van der Waals surface area contributed by atoms with Gasteiger partial charge in [-0.2, -0.15) is 0 Å². The summed E-state index contributed by atoms with van der Waals surface area (Å²) in [5.41, 5.74) is 4.70. The van der Waals surface area contributed by atoms with Gasteiger partial charge in [0.2, 0.25) is 5.91 Å². The second kappa shape index (κ2) is 8.38. The highest BCUT2D eigenvalue weighted by molar-refractivity contribution is 5.83. The number of allylic oxidation sites excluding steroid dienone is 1. The van der Waals surface area contributed by atoms with Crippen LogP contribution < -0.4 is 0 Å². The summed E-state index contributed by atoms with van der Waals surface area (Å²) < 4.78 is 14.9. The van der Waals surface area contributed by atoms with Gasteiger partial charge in [-0.1, -0.05) is 85.3 Å². The minimum atomic E-state index is -0.236.